The summed E-state index contributed by atoms with van der Waals surface area (Å²) in [7, 11) is 0. The first-order valence-electron chi connectivity index (χ1n) is 17.5. The van der Waals surface area contributed by atoms with Gasteiger partial charge in [-0.2, -0.15) is 0 Å². The van der Waals surface area contributed by atoms with E-state index in [4.69, 9.17) is 4.42 Å². The van der Waals surface area contributed by atoms with Gasteiger partial charge in [-0.05, 0) is 95.4 Å². The number of benzene rings is 9. The molecule has 0 aliphatic rings. The lowest BCUT2D eigenvalue weighted by atomic mass is 9.85. The summed E-state index contributed by atoms with van der Waals surface area (Å²) in [5, 5.41) is 7.32. The van der Waals surface area contributed by atoms with Gasteiger partial charge in [-0.15, -0.1) is 0 Å². The zero-order valence-corrected chi connectivity index (χ0v) is 27.9. The van der Waals surface area contributed by atoms with E-state index in [0.717, 1.165) is 21.9 Å². The number of hydrogen-bond acceptors (Lipinski definition) is 1. The summed E-state index contributed by atoms with van der Waals surface area (Å²) in [6, 6.07) is 69.9. The number of furan rings is 1. The lowest BCUT2D eigenvalue weighted by Crippen LogP contribution is -1.91. The Kier molecular flexibility index (Phi) is 6.89. The summed E-state index contributed by atoms with van der Waals surface area (Å²) in [4.78, 5) is 0. The first kappa shape index (κ1) is 29.2. The maximum absolute atomic E-state index is 6.26. The predicted octanol–water partition coefficient (Wildman–Crippen LogP) is 14.2. The molecule has 1 aromatic heterocycles. The number of hydrogen-bond donors (Lipinski definition) is 0. The molecule has 51 heavy (non-hydrogen) atoms. The molecular weight excluding hydrogens is 617 g/mol. The second-order valence-corrected chi connectivity index (χ2v) is 13.2. The van der Waals surface area contributed by atoms with E-state index < -0.39 is 0 Å². The minimum absolute atomic E-state index is 0.910. The molecule has 0 bridgehead atoms. The van der Waals surface area contributed by atoms with Crippen molar-refractivity contribution in [1.82, 2.24) is 0 Å². The Hall–Kier alpha value is -6.70. The average molecular weight is 649 g/mol. The standard InChI is InChI=1S/C50H32O/c1-2-14-33(15-3-1)36-16-12-17-37(32-36)49-43-22-8-6-20-41(43)48(42-21-7-9-23-44(42)49)35-30-28-34(29-31-35)38-18-4-5-19-39(38)40-25-13-27-47-50(40)45-24-10-11-26-46(45)51-47/h1-32H. The van der Waals surface area contributed by atoms with E-state index in [0.29, 0.717) is 0 Å². The largest absolute Gasteiger partial charge is 0.456 e. The molecule has 0 N–H and O–H groups in total. The molecule has 0 fully saturated rings. The van der Waals surface area contributed by atoms with Gasteiger partial charge < -0.3 is 4.42 Å². The third-order valence-electron chi connectivity index (χ3n) is 10.3. The molecule has 0 aliphatic heterocycles. The van der Waals surface area contributed by atoms with Crippen molar-refractivity contribution in [1.29, 1.82) is 0 Å². The monoisotopic (exact) mass is 648 g/mol. The van der Waals surface area contributed by atoms with Crippen LogP contribution >= 0.6 is 0 Å². The smallest absolute Gasteiger partial charge is 0.136 e. The summed E-state index contributed by atoms with van der Waals surface area (Å²) in [5.41, 5.74) is 14.0. The summed E-state index contributed by atoms with van der Waals surface area (Å²) < 4.78 is 6.26. The number of para-hydroxylation sites is 1. The van der Waals surface area contributed by atoms with Crippen LogP contribution in [0.1, 0.15) is 0 Å². The second-order valence-electron chi connectivity index (χ2n) is 13.2. The van der Waals surface area contributed by atoms with Crippen molar-refractivity contribution in [2.24, 2.45) is 0 Å². The molecule has 10 aromatic rings. The fourth-order valence-electron chi connectivity index (χ4n) is 8.02. The minimum atomic E-state index is 0.910. The highest BCUT2D eigenvalue weighted by Gasteiger charge is 2.18. The normalized spacial score (nSPS) is 11.5. The van der Waals surface area contributed by atoms with Crippen LogP contribution in [-0.4, -0.2) is 0 Å². The predicted molar refractivity (Wildman–Crippen MR) is 216 cm³/mol. The molecule has 1 heterocycles. The molecule has 9 aromatic carbocycles. The van der Waals surface area contributed by atoms with Crippen LogP contribution in [0.2, 0.25) is 0 Å². The minimum Gasteiger partial charge on any atom is -0.456 e. The van der Waals surface area contributed by atoms with Crippen molar-refractivity contribution in [3.63, 3.8) is 0 Å². The van der Waals surface area contributed by atoms with Gasteiger partial charge in [0.15, 0.2) is 0 Å². The van der Waals surface area contributed by atoms with Gasteiger partial charge in [0.05, 0.1) is 0 Å². The maximum Gasteiger partial charge on any atom is 0.136 e. The Morgan fingerprint density at radius 2 is 0.725 bits per heavy atom. The van der Waals surface area contributed by atoms with E-state index in [1.54, 1.807) is 0 Å². The van der Waals surface area contributed by atoms with Gasteiger partial charge in [-0.1, -0.05) is 176 Å². The van der Waals surface area contributed by atoms with E-state index in [2.05, 4.69) is 182 Å². The average Bonchev–Trinajstić information content (AvgIpc) is 3.59. The summed E-state index contributed by atoms with van der Waals surface area (Å²) in [6.07, 6.45) is 0. The number of rotatable bonds is 5. The third kappa shape index (κ3) is 4.86. The Labute approximate surface area is 296 Å². The lowest BCUT2D eigenvalue weighted by molar-refractivity contribution is 0.669. The van der Waals surface area contributed by atoms with Gasteiger partial charge in [0.1, 0.15) is 11.2 Å². The van der Waals surface area contributed by atoms with Gasteiger partial charge >= 0.3 is 0 Å². The first-order valence-corrected chi connectivity index (χ1v) is 17.5. The highest BCUT2D eigenvalue weighted by atomic mass is 16.3. The molecule has 0 amide bonds. The quantitative estimate of drug-likeness (QED) is 0.169. The highest BCUT2D eigenvalue weighted by molar-refractivity contribution is 6.21. The molecule has 0 aliphatic carbocycles. The van der Waals surface area contributed by atoms with Gasteiger partial charge in [-0.25, -0.2) is 0 Å². The van der Waals surface area contributed by atoms with Crippen LogP contribution in [0, 0.1) is 0 Å². The summed E-state index contributed by atoms with van der Waals surface area (Å²) in [5.74, 6) is 0. The molecule has 0 saturated carbocycles. The van der Waals surface area contributed by atoms with Crippen molar-refractivity contribution in [3.05, 3.63) is 194 Å². The van der Waals surface area contributed by atoms with Crippen LogP contribution in [-0.2, 0) is 0 Å². The zero-order valence-electron chi connectivity index (χ0n) is 27.9. The Bertz CT molecular complexity index is 2840. The van der Waals surface area contributed by atoms with Crippen LogP contribution in [0.4, 0.5) is 0 Å². The van der Waals surface area contributed by atoms with E-state index in [9.17, 15) is 0 Å². The van der Waals surface area contributed by atoms with E-state index in [1.807, 2.05) is 12.1 Å². The zero-order chi connectivity index (χ0) is 33.7. The van der Waals surface area contributed by atoms with Crippen LogP contribution in [0.15, 0.2) is 199 Å². The van der Waals surface area contributed by atoms with Crippen LogP contribution in [0.3, 0.4) is 0 Å². The molecule has 0 saturated heterocycles. The van der Waals surface area contributed by atoms with Crippen LogP contribution in [0.5, 0.6) is 0 Å². The Morgan fingerprint density at radius 1 is 0.255 bits per heavy atom. The first-order chi connectivity index (χ1) is 25.3. The summed E-state index contributed by atoms with van der Waals surface area (Å²) >= 11 is 0. The molecule has 0 spiro atoms. The van der Waals surface area contributed by atoms with Crippen molar-refractivity contribution in [3.8, 4) is 55.6 Å². The van der Waals surface area contributed by atoms with E-state index in [1.165, 1.54) is 77.2 Å². The molecule has 1 nitrogen and oxygen atoms in total. The molecule has 0 atom stereocenters. The molecule has 10 rings (SSSR count). The van der Waals surface area contributed by atoms with Crippen molar-refractivity contribution >= 4 is 43.5 Å². The van der Waals surface area contributed by atoms with Crippen molar-refractivity contribution in [2.45, 2.75) is 0 Å². The molecule has 0 radical (unpaired) electrons. The maximum atomic E-state index is 6.26. The fraction of sp³-hybridized carbons (Fsp3) is 0. The van der Waals surface area contributed by atoms with Crippen molar-refractivity contribution < 1.29 is 4.42 Å². The van der Waals surface area contributed by atoms with Gasteiger partial charge in [0.25, 0.3) is 0 Å². The van der Waals surface area contributed by atoms with Crippen molar-refractivity contribution in [2.75, 3.05) is 0 Å². The SMILES string of the molecule is c1ccc(-c2cccc(-c3c4ccccc4c(-c4ccc(-c5ccccc5-c5cccc6oc7ccccc7c56)cc4)c4ccccc34)c2)cc1. The van der Waals surface area contributed by atoms with Gasteiger partial charge in [-0.3, -0.25) is 0 Å². The molecule has 238 valence electrons. The molecule has 1 heteroatoms. The van der Waals surface area contributed by atoms with Gasteiger partial charge in [0, 0.05) is 10.8 Å². The molecular formula is C50H32O. The van der Waals surface area contributed by atoms with Crippen LogP contribution in [0.25, 0.3) is 99.1 Å². The number of fused-ring (bicyclic) bond motifs is 5. The second kappa shape index (κ2) is 12.0. The highest BCUT2D eigenvalue weighted by Crippen LogP contribution is 2.45. The Balaban J connectivity index is 1.13. The summed E-state index contributed by atoms with van der Waals surface area (Å²) in [6.45, 7) is 0. The van der Waals surface area contributed by atoms with E-state index >= 15 is 0 Å². The van der Waals surface area contributed by atoms with Gasteiger partial charge in [0.2, 0.25) is 0 Å². The third-order valence-corrected chi connectivity index (χ3v) is 10.3. The lowest BCUT2D eigenvalue weighted by Gasteiger charge is -2.18. The fourth-order valence-corrected chi connectivity index (χ4v) is 8.02. The topological polar surface area (TPSA) is 13.1 Å². The van der Waals surface area contributed by atoms with E-state index in [-0.39, 0.29) is 0 Å². The van der Waals surface area contributed by atoms with Crippen LogP contribution < -0.4 is 0 Å². The molecule has 0 unspecified atom stereocenters. The Morgan fingerprint density at radius 3 is 1.43 bits per heavy atom.